The first kappa shape index (κ1) is 10.4. The topological polar surface area (TPSA) is 49.3 Å². The summed E-state index contributed by atoms with van der Waals surface area (Å²) in [6.07, 6.45) is 0.596. The summed E-state index contributed by atoms with van der Waals surface area (Å²) in [6.45, 7) is 0. The molecule has 0 radical (unpaired) electrons. The summed E-state index contributed by atoms with van der Waals surface area (Å²) in [6, 6.07) is 7.08. The van der Waals surface area contributed by atoms with Crippen molar-refractivity contribution in [2.24, 2.45) is 0 Å². The van der Waals surface area contributed by atoms with E-state index in [1.165, 1.54) is 0 Å². The molecule has 4 heteroatoms. The van der Waals surface area contributed by atoms with Gasteiger partial charge in [-0.15, -0.1) is 0 Å². The fraction of sp³-hybridized carbons (Fsp3) is 0.364. The van der Waals surface area contributed by atoms with E-state index in [4.69, 9.17) is 0 Å². The maximum atomic E-state index is 11.4. The maximum Gasteiger partial charge on any atom is 0.221 e. The number of rotatable bonds is 1. The summed E-state index contributed by atoms with van der Waals surface area (Å²) in [5.41, 5.74) is 1.05. The van der Waals surface area contributed by atoms with Crippen LogP contribution < -0.4 is 5.32 Å². The number of phenolic OH excluding ortho intramolecular Hbond substituents is 1. The Bertz CT molecular complexity index is 350. The first-order valence-corrected chi connectivity index (χ1v) is 6.07. The average Bonchev–Trinajstić information content (AvgIpc) is 2.44. The van der Waals surface area contributed by atoms with Crippen LogP contribution in [-0.4, -0.2) is 22.5 Å². The summed E-state index contributed by atoms with van der Waals surface area (Å²) in [4.78, 5) is 11.4. The number of benzene rings is 1. The third kappa shape index (κ3) is 2.65. The molecular weight excluding hydrogens is 210 g/mol. The van der Waals surface area contributed by atoms with Gasteiger partial charge in [0, 0.05) is 17.9 Å². The van der Waals surface area contributed by atoms with Crippen molar-refractivity contribution in [1.29, 1.82) is 0 Å². The van der Waals surface area contributed by atoms with E-state index in [1.54, 1.807) is 23.9 Å². The number of phenols is 1. The number of nitrogens with one attached hydrogen (secondary N) is 1. The fourth-order valence-corrected chi connectivity index (χ4v) is 2.57. The molecule has 1 aromatic rings. The lowest BCUT2D eigenvalue weighted by molar-refractivity contribution is -0.121. The molecule has 1 unspecified atom stereocenters. The van der Waals surface area contributed by atoms with Crippen molar-refractivity contribution < 1.29 is 9.90 Å². The van der Waals surface area contributed by atoms with Gasteiger partial charge in [0.25, 0.3) is 0 Å². The van der Waals surface area contributed by atoms with E-state index in [0.717, 1.165) is 17.1 Å². The molecule has 1 aliphatic heterocycles. The summed E-state index contributed by atoms with van der Waals surface area (Å²) < 4.78 is 0. The summed E-state index contributed by atoms with van der Waals surface area (Å²) in [5, 5.41) is 12.1. The zero-order chi connectivity index (χ0) is 10.7. The third-order valence-electron chi connectivity index (χ3n) is 2.39. The van der Waals surface area contributed by atoms with Gasteiger partial charge in [-0.3, -0.25) is 4.79 Å². The molecule has 1 aliphatic rings. The second kappa shape index (κ2) is 4.57. The average molecular weight is 223 g/mol. The minimum atomic E-state index is 0.0746. The highest BCUT2D eigenvalue weighted by Gasteiger charge is 2.17. The Morgan fingerprint density at radius 2 is 2.07 bits per heavy atom. The summed E-state index contributed by atoms with van der Waals surface area (Å²) in [7, 11) is 0. The van der Waals surface area contributed by atoms with E-state index >= 15 is 0 Å². The quantitative estimate of drug-likeness (QED) is 0.761. The molecule has 1 heterocycles. The van der Waals surface area contributed by atoms with Crippen LogP contribution in [0.1, 0.15) is 18.0 Å². The maximum absolute atomic E-state index is 11.4. The number of hydrogen-bond acceptors (Lipinski definition) is 3. The zero-order valence-corrected chi connectivity index (χ0v) is 9.09. The van der Waals surface area contributed by atoms with Gasteiger partial charge in [-0.05, 0) is 17.7 Å². The fourth-order valence-electron chi connectivity index (χ4n) is 1.56. The molecule has 1 aromatic carbocycles. The highest BCUT2D eigenvalue weighted by Crippen LogP contribution is 2.23. The molecule has 0 bridgehead atoms. The predicted octanol–water partition coefficient (Wildman–Crippen LogP) is 1.69. The van der Waals surface area contributed by atoms with Gasteiger partial charge in [0.05, 0.1) is 6.04 Å². The van der Waals surface area contributed by atoms with Gasteiger partial charge >= 0.3 is 0 Å². The lowest BCUT2D eigenvalue weighted by Crippen LogP contribution is -2.27. The Labute approximate surface area is 92.9 Å². The molecule has 2 N–H and O–H groups in total. The second-order valence-corrected chi connectivity index (χ2v) is 4.69. The molecule has 0 saturated carbocycles. The number of carbonyl (C=O) groups is 1. The van der Waals surface area contributed by atoms with Crippen molar-refractivity contribution in [2.75, 3.05) is 11.5 Å². The van der Waals surface area contributed by atoms with Crippen molar-refractivity contribution in [1.82, 2.24) is 5.32 Å². The van der Waals surface area contributed by atoms with Crippen molar-refractivity contribution in [3.63, 3.8) is 0 Å². The number of aromatic hydroxyl groups is 1. The first-order chi connectivity index (χ1) is 7.25. The van der Waals surface area contributed by atoms with E-state index in [-0.39, 0.29) is 17.7 Å². The number of carbonyl (C=O) groups excluding carboxylic acids is 1. The van der Waals surface area contributed by atoms with Gasteiger partial charge in [-0.1, -0.05) is 12.1 Å². The van der Waals surface area contributed by atoms with Crippen LogP contribution in [0.4, 0.5) is 0 Å². The minimum absolute atomic E-state index is 0.0746. The van der Waals surface area contributed by atoms with Crippen molar-refractivity contribution in [3.8, 4) is 5.75 Å². The van der Waals surface area contributed by atoms with Crippen LogP contribution in [0.5, 0.6) is 5.75 Å². The molecule has 2 rings (SSSR count). The van der Waals surface area contributed by atoms with Gasteiger partial charge in [-0.25, -0.2) is 0 Å². The molecule has 1 atom stereocenters. The molecule has 15 heavy (non-hydrogen) atoms. The van der Waals surface area contributed by atoms with Gasteiger partial charge in [0.2, 0.25) is 5.91 Å². The molecule has 1 amide bonds. The monoisotopic (exact) mass is 223 g/mol. The molecular formula is C11H13NO2S. The molecule has 0 aromatic heterocycles. The van der Waals surface area contributed by atoms with Crippen LogP contribution in [0.2, 0.25) is 0 Å². The van der Waals surface area contributed by atoms with E-state index in [9.17, 15) is 9.90 Å². The highest BCUT2D eigenvalue weighted by atomic mass is 32.2. The van der Waals surface area contributed by atoms with Crippen molar-refractivity contribution in [2.45, 2.75) is 12.5 Å². The zero-order valence-electron chi connectivity index (χ0n) is 8.27. The number of hydrogen-bond donors (Lipinski definition) is 2. The Morgan fingerprint density at radius 1 is 1.33 bits per heavy atom. The van der Waals surface area contributed by atoms with E-state index < -0.39 is 0 Å². The molecule has 0 aliphatic carbocycles. The molecule has 80 valence electrons. The van der Waals surface area contributed by atoms with Crippen molar-refractivity contribution in [3.05, 3.63) is 29.8 Å². The van der Waals surface area contributed by atoms with Crippen LogP contribution in [0, 0.1) is 0 Å². The normalized spacial score (nSPS) is 21.9. The molecule has 1 fully saturated rings. The highest BCUT2D eigenvalue weighted by molar-refractivity contribution is 7.99. The Morgan fingerprint density at radius 3 is 2.80 bits per heavy atom. The van der Waals surface area contributed by atoms with E-state index in [0.29, 0.717) is 6.42 Å². The smallest absolute Gasteiger partial charge is 0.221 e. The van der Waals surface area contributed by atoms with Crippen LogP contribution in [0.15, 0.2) is 24.3 Å². The summed E-state index contributed by atoms with van der Waals surface area (Å²) >= 11 is 1.78. The molecule has 3 nitrogen and oxygen atoms in total. The number of amides is 1. The minimum Gasteiger partial charge on any atom is -0.508 e. The third-order valence-corrected chi connectivity index (χ3v) is 3.45. The summed E-state index contributed by atoms with van der Waals surface area (Å²) in [5.74, 6) is 2.15. The lowest BCUT2D eigenvalue weighted by Gasteiger charge is -2.15. The SMILES string of the molecule is O=C1CCSCC(c2ccc(O)cc2)N1. The van der Waals surface area contributed by atoms with Gasteiger partial charge in [0.1, 0.15) is 5.75 Å². The second-order valence-electron chi connectivity index (χ2n) is 3.54. The van der Waals surface area contributed by atoms with Crippen LogP contribution in [0.3, 0.4) is 0 Å². The lowest BCUT2D eigenvalue weighted by atomic mass is 10.1. The Hall–Kier alpha value is -1.16. The molecule has 0 spiro atoms. The van der Waals surface area contributed by atoms with E-state index in [2.05, 4.69) is 5.32 Å². The van der Waals surface area contributed by atoms with Crippen LogP contribution in [0.25, 0.3) is 0 Å². The molecule has 1 saturated heterocycles. The van der Waals surface area contributed by atoms with Crippen LogP contribution >= 0.6 is 11.8 Å². The standard InChI is InChI=1S/C11H13NO2S/c13-9-3-1-8(2-4-9)10-7-15-6-5-11(14)12-10/h1-4,10,13H,5-7H2,(H,12,14). The Balaban J connectivity index is 2.14. The van der Waals surface area contributed by atoms with E-state index in [1.807, 2.05) is 12.1 Å². The van der Waals surface area contributed by atoms with Gasteiger partial charge in [0.15, 0.2) is 0 Å². The number of thioether (sulfide) groups is 1. The Kier molecular flexibility index (Phi) is 3.16. The van der Waals surface area contributed by atoms with Crippen LogP contribution in [-0.2, 0) is 4.79 Å². The van der Waals surface area contributed by atoms with Gasteiger partial charge < -0.3 is 10.4 Å². The van der Waals surface area contributed by atoms with Gasteiger partial charge in [-0.2, -0.15) is 11.8 Å². The largest absolute Gasteiger partial charge is 0.508 e. The predicted molar refractivity (Wildman–Crippen MR) is 60.9 cm³/mol. The van der Waals surface area contributed by atoms with Crippen molar-refractivity contribution >= 4 is 17.7 Å². The first-order valence-electron chi connectivity index (χ1n) is 4.92.